The standard InChI is InChI=1S/C8H15N3O/c1-7-8(12-6-11-7)5-10-4-3-9-2/h6,9-10H,3-5H2,1-2H3. The van der Waals surface area contributed by atoms with Crippen LogP contribution in [0, 0.1) is 6.92 Å². The Morgan fingerprint density at radius 1 is 1.50 bits per heavy atom. The number of nitrogens with zero attached hydrogens (tertiary/aromatic N) is 1. The molecule has 0 radical (unpaired) electrons. The van der Waals surface area contributed by atoms with E-state index >= 15 is 0 Å². The molecule has 1 rings (SSSR count). The Morgan fingerprint density at radius 3 is 2.92 bits per heavy atom. The number of aromatic nitrogens is 1. The van der Waals surface area contributed by atoms with Gasteiger partial charge >= 0.3 is 0 Å². The minimum absolute atomic E-state index is 0.757. The van der Waals surface area contributed by atoms with Crippen LogP contribution < -0.4 is 10.6 Å². The zero-order chi connectivity index (χ0) is 8.81. The summed E-state index contributed by atoms with van der Waals surface area (Å²) in [5.41, 5.74) is 0.965. The number of aryl methyl sites for hydroxylation is 1. The van der Waals surface area contributed by atoms with Gasteiger partial charge in [0.05, 0.1) is 12.2 Å². The highest BCUT2D eigenvalue weighted by Crippen LogP contribution is 2.02. The van der Waals surface area contributed by atoms with Gasteiger partial charge in [0.15, 0.2) is 6.39 Å². The largest absolute Gasteiger partial charge is 0.447 e. The molecule has 0 saturated carbocycles. The van der Waals surface area contributed by atoms with Crippen LogP contribution in [0.1, 0.15) is 11.5 Å². The Bertz CT molecular complexity index is 222. The number of rotatable bonds is 5. The summed E-state index contributed by atoms with van der Waals surface area (Å²) in [5, 5.41) is 6.29. The first-order chi connectivity index (χ1) is 5.84. The van der Waals surface area contributed by atoms with Crippen molar-refractivity contribution in [1.29, 1.82) is 0 Å². The lowest BCUT2D eigenvalue weighted by Gasteiger charge is -2.01. The normalized spacial score (nSPS) is 10.5. The molecule has 0 unspecified atom stereocenters. The second-order valence-corrected chi connectivity index (χ2v) is 2.64. The van der Waals surface area contributed by atoms with Crippen LogP contribution in [0.2, 0.25) is 0 Å². The summed E-state index contributed by atoms with van der Waals surface area (Å²) in [4.78, 5) is 3.99. The quantitative estimate of drug-likeness (QED) is 0.622. The number of oxazole rings is 1. The van der Waals surface area contributed by atoms with Crippen molar-refractivity contribution in [3.8, 4) is 0 Å². The minimum Gasteiger partial charge on any atom is -0.447 e. The van der Waals surface area contributed by atoms with Crippen LogP contribution in [0.4, 0.5) is 0 Å². The van der Waals surface area contributed by atoms with Crippen molar-refractivity contribution in [2.75, 3.05) is 20.1 Å². The molecular formula is C8H15N3O. The van der Waals surface area contributed by atoms with Crippen molar-refractivity contribution in [1.82, 2.24) is 15.6 Å². The summed E-state index contributed by atoms with van der Waals surface area (Å²) in [7, 11) is 1.93. The van der Waals surface area contributed by atoms with Crippen molar-refractivity contribution in [3.05, 3.63) is 17.8 Å². The molecule has 1 aromatic heterocycles. The number of hydrogen-bond acceptors (Lipinski definition) is 4. The van der Waals surface area contributed by atoms with Crippen molar-refractivity contribution in [2.45, 2.75) is 13.5 Å². The Morgan fingerprint density at radius 2 is 2.33 bits per heavy atom. The molecule has 2 N–H and O–H groups in total. The third kappa shape index (κ3) is 2.64. The van der Waals surface area contributed by atoms with Gasteiger partial charge in [-0.1, -0.05) is 0 Å². The molecule has 0 bridgehead atoms. The van der Waals surface area contributed by atoms with Gasteiger partial charge in [0, 0.05) is 13.1 Å². The Hall–Kier alpha value is -0.870. The molecule has 0 spiro atoms. The molecule has 0 fully saturated rings. The van der Waals surface area contributed by atoms with Gasteiger partial charge in [0.1, 0.15) is 5.76 Å². The lowest BCUT2D eigenvalue weighted by atomic mass is 10.3. The second kappa shape index (κ2) is 4.90. The summed E-state index contributed by atoms with van der Waals surface area (Å²) in [6.45, 7) is 4.61. The molecule has 4 heteroatoms. The first kappa shape index (κ1) is 9.22. The van der Waals surface area contributed by atoms with Crippen molar-refractivity contribution in [2.24, 2.45) is 0 Å². The summed E-state index contributed by atoms with van der Waals surface area (Å²) in [5.74, 6) is 0.922. The van der Waals surface area contributed by atoms with Gasteiger partial charge in [-0.2, -0.15) is 0 Å². The van der Waals surface area contributed by atoms with Gasteiger partial charge in [0.25, 0.3) is 0 Å². The molecule has 0 saturated heterocycles. The monoisotopic (exact) mass is 169 g/mol. The first-order valence-electron chi connectivity index (χ1n) is 4.09. The van der Waals surface area contributed by atoms with E-state index in [0.29, 0.717) is 0 Å². The van der Waals surface area contributed by atoms with Gasteiger partial charge in [-0.25, -0.2) is 4.98 Å². The topological polar surface area (TPSA) is 50.1 Å². The highest BCUT2D eigenvalue weighted by molar-refractivity contribution is 5.03. The third-order valence-electron chi connectivity index (χ3n) is 1.68. The molecule has 4 nitrogen and oxygen atoms in total. The summed E-state index contributed by atoms with van der Waals surface area (Å²) >= 11 is 0. The van der Waals surface area contributed by atoms with E-state index in [1.807, 2.05) is 14.0 Å². The van der Waals surface area contributed by atoms with E-state index in [-0.39, 0.29) is 0 Å². The molecule has 0 amide bonds. The van der Waals surface area contributed by atoms with E-state index in [4.69, 9.17) is 4.42 Å². The average molecular weight is 169 g/mol. The predicted octanol–water partition coefficient (Wildman–Crippen LogP) is 0.292. The molecular weight excluding hydrogens is 154 g/mol. The fourth-order valence-corrected chi connectivity index (χ4v) is 0.911. The maximum Gasteiger partial charge on any atom is 0.181 e. The van der Waals surface area contributed by atoms with Crippen LogP contribution >= 0.6 is 0 Å². The molecule has 0 atom stereocenters. The molecule has 0 aliphatic rings. The van der Waals surface area contributed by atoms with E-state index in [9.17, 15) is 0 Å². The smallest absolute Gasteiger partial charge is 0.181 e. The van der Waals surface area contributed by atoms with Crippen LogP contribution in [0.5, 0.6) is 0 Å². The molecule has 12 heavy (non-hydrogen) atoms. The van der Waals surface area contributed by atoms with Crippen LogP contribution in [0.25, 0.3) is 0 Å². The summed E-state index contributed by atoms with van der Waals surface area (Å²) in [6, 6.07) is 0. The highest BCUT2D eigenvalue weighted by Gasteiger charge is 2.00. The fraction of sp³-hybridized carbons (Fsp3) is 0.625. The number of likely N-dealkylation sites (N-methyl/N-ethyl adjacent to an activating group) is 1. The predicted molar refractivity (Wildman–Crippen MR) is 46.9 cm³/mol. The van der Waals surface area contributed by atoms with Crippen LogP contribution in [0.15, 0.2) is 10.8 Å². The first-order valence-corrected chi connectivity index (χ1v) is 4.09. The molecule has 1 aromatic rings. The van der Waals surface area contributed by atoms with Crippen molar-refractivity contribution >= 4 is 0 Å². The van der Waals surface area contributed by atoms with Crippen molar-refractivity contribution in [3.63, 3.8) is 0 Å². The SMILES string of the molecule is CNCCNCc1ocnc1C. The fourth-order valence-electron chi connectivity index (χ4n) is 0.911. The molecule has 0 aliphatic carbocycles. The van der Waals surface area contributed by atoms with Gasteiger partial charge < -0.3 is 15.1 Å². The van der Waals surface area contributed by atoms with E-state index in [0.717, 1.165) is 31.1 Å². The second-order valence-electron chi connectivity index (χ2n) is 2.64. The van der Waals surface area contributed by atoms with Gasteiger partial charge in [-0.15, -0.1) is 0 Å². The molecule has 68 valence electrons. The Labute approximate surface area is 72.4 Å². The lowest BCUT2D eigenvalue weighted by molar-refractivity contribution is 0.476. The maximum absolute atomic E-state index is 5.15. The highest BCUT2D eigenvalue weighted by atomic mass is 16.3. The Kier molecular flexibility index (Phi) is 3.76. The van der Waals surface area contributed by atoms with Crippen LogP contribution in [0.3, 0.4) is 0 Å². The van der Waals surface area contributed by atoms with Crippen molar-refractivity contribution < 1.29 is 4.42 Å². The van der Waals surface area contributed by atoms with E-state index < -0.39 is 0 Å². The van der Waals surface area contributed by atoms with E-state index in [2.05, 4.69) is 15.6 Å². The summed E-state index contributed by atoms with van der Waals surface area (Å²) < 4.78 is 5.15. The summed E-state index contributed by atoms with van der Waals surface area (Å²) in [6.07, 6.45) is 1.48. The molecule has 1 heterocycles. The van der Waals surface area contributed by atoms with E-state index in [1.54, 1.807) is 0 Å². The van der Waals surface area contributed by atoms with Gasteiger partial charge in [0.2, 0.25) is 0 Å². The number of nitrogens with one attached hydrogen (secondary N) is 2. The number of hydrogen-bond donors (Lipinski definition) is 2. The molecule has 0 aliphatic heterocycles. The Balaban J connectivity index is 2.20. The third-order valence-corrected chi connectivity index (χ3v) is 1.68. The average Bonchev–Trinajstić information content (AvgIpc) is 2.46. The zero-order valence-electron chi connectivity index (χ0n) is 7.55. The van der Waals surface area contributed by atoms with Crippen LogP contribution in [-0.4, -0.2) is 25.1 Å². The maximum atomic E-state index is 5.15. The lowest BCUT2D eigenvalue weighted by Crippen LogP contribution is -2.24. The molecule has 0 aromatic carbocycles. The van der Waals surface area contributed by atoms with Crippen LogP contribution in [-0.2, 0) is 6.54 Å². The van der Waals surface area contributed by atoms with E-state index in [1.165, 1.54) is 6.39 Å². The van der Waals surface area contributed by atoms with Gasteiger partial charge in [-0.3, -0.25) is 0 Å². The zero-order valence-corrected chi connectivity index (χ0v) is 7.55. The minimum atomic E-state index is 0.757. The van der Waals surface area contributed by atoms with Gasteiger partial charge in [-0.05, 0) is 14.0 Å².